The molecule has 0 aliphatic carbocycles. The number of benzene rings is 2. The van der Waals surface area contributed by atoms with Crippen LogP contribution in [0.15, 0.2) is 42.5 Å². The lowest BCUT2D eigenvalue weighted by molar-refractivity contribution is -0.150. The average molecular weight is 624 g/mol. The maximum absolute atomic E-state index is 14.7. The second-order valence-corrected chi connectivity index (χ2v) is 16.8. The van der Waals surface area contributed by atoms with Crippen LogP contribution >= 0.6 is 0 Å². The van der Waals surface area contributed by atoms with Crippen LogP contribution in [0.4, 0.5) is 16.2 Å². The van der Waals surface area contributed by atoms with Crippen molar-refractivity contribution in [2.45, 2.75) is 69.1 Å². The van der Waals surface area contributed by atoms with Gasteiger partial charge in [-0.25, -0.2) is 4.79 Å². The van der Waals surface area contributed by atoms with Crippen LogP contribution in [0.25, 0.3) is 0 Å². The molecule has 6 rings (SSSR count). The van der Waals surface area contributed by atoms with Crippen LogP contribution in [0.1, 0.15) is 37.3 Å². The Morgan fingerprint density at radius 3 is 2.64 bits per heavy atom. The molecule has 2 aromatic rings. The third kappa shape index (κ3) is 4.97. The minimum Gasteiger partial charge on any atom is -0.497 e. The molecule has 0 saturated carbocycles. The first kappa shape index (κ1) is 30.6. The van der Waals surface area contributed by atoms with Gasteiger partial charge in [-0.3, -0.25) is 14.5 Å². The zero-order chi connectivity index (χ0) is 31.4. The molecule has 2 aromatic carbocycles. The molecule has 5 atom stereocenters. The smallest absolute Gasteiger partial charge is 0.414 e. The Kier molecular flexibility index (Phi) is 7.97. The summed E-state index contributed by atoms with van der Waals surface area (Å²) in [4.78, 5) is 57.1. The Morgan fingerprint density at radius 2 is 1.95 bits per heavy atom. The van der Waals surface area contributed by atoms with E-state index in [2.05, 4.69) is 0 Å². The topological polar surface area (TPSA) is 129 Å². The molecule has 0 radical (unpaired) electrons. The van der Waals surface area contributed by atoms with Gasteiger partial charge in [-0.1, -0.05) is 19.1 Å². The number of ether oxygens (including phenoxy) is 3. The van der Waals surface area contributed by atoms with Crippen LogP contribution in [-0.4, -0.2) is 86.6 Å². The summed E-state index contributed by atoms with van der Waals surface area (Å²) >= 11 is 0. The Hall–Kier alpha value is -3.45. The molecular formula is C32H41N3O8Si. The molecular weight excluding hydrogens is 582 g/mol. The van der Waals surface area contributed by atoms with Crippen molar-refractivity contribution in [3.8, 4) is 5.75 Å². The lowest BCUT2D eigenvalue weighted by Crippen LogP contribution is -2.46. The third-order valence-electron chi connectivity index (χ3n) is 9.80. The molecule has 44 heavy (non-hydrogen) atoms. The largest absolute Gasteiger partial charge is 0.497 e. The van der Waals surface area contributed by atoms with Crippen LogP contribution in [0, 0.1) is 5.92 Å². The molecule has 2 N–H and O–H groups in total. The predicted octanol–water partition coefficient (Wildman–Crippen LogP) is 3.37. The number of carbonyl (C=O) groups is 3. The SMILES string of the molecule is COc1ccc2c(c1)[C@@]1(O[C@H](CC(=O)N3CCC[C@H]3CO)[C@@H]([Si](C)(C)O)[C@@H]1C)C(=O)N2Cc1cccc(N2CCOC2=O)c1. The molecule has 236 valence electrons. The van der Waals surface area contributed by atoms with Gasteiger partial charge >= 0.3 is 6.09 Å². The van der Waals surface area contributed by atoms with Crippen molar-refractivity contribution < 1.29 is 38.5 Å². The average Bonchev–Trinajstić information content (AvgIpc) is 3.76. The minimum absolute atomic E-state index is 0.0187. The summed E-state index contributed by atoms with van der Waals surface area (Å²) in [6, 6.07) is 12.7. The summed E-state index contributed by atoms with van der Waals surface area (Å²) in [6.07, 6.45) is 0.513. The summed E-state index contributed by atoms with van der Waals surface area (Å²) in [5, 5.41) is 9.83. The van der Waals surface area contributed by atoms with Crippen LogP contribution in [0.3, 0.4) is 0 Å². The van der Waals surface area contributed by atoms with E-state index in [1.165, 1.54) is 0 Å². The number of hydrogen-bond acceptors (Lipinski definition) is 8. The van der Waals surface area contributed by atoms with E-state index in [1.807, 2.05) is 56.4 Å². The molecule has 12 heteroatoms. The number of anilines is 2. The normalized spacial score (nSPS) is 28.3. The van der Waals surface area contributed by atoms with Crippen molar-refractivity contribution in [2.24, 2.45) is 5.92 Å². The first-order chi connectivity index (χ1) is 21.0. The first-order valence-corrected chi connectivity index (χ1v) is 18.4. The van der Waals surface area contributed by atoms with E-state index in [1.54, 1.807) is 27.9 Å². The van der Waals surface area contributed by atoms with E-state index in [-0.39, 0.29) is 37.4 Å². The molecule has 3 amide bonds. The van der Waals surface area contributed by atoms with E-state index in [0.29, 0.717) is 42.4 Å². The number of rotatable bonds is 8. The molecule has 0 unspecified atom stereocenters. The van der Waals surface area contributed by atoms with Crippen molar-refractivity contribution in [1.82, 2.24) is 4.90 Å². The number of amides is 3. The molecule has 11 nitrogen and oxygen atoms in total. The fourth-order valence-electron chi connectivity index (χ4n) is 7.82. The lowest BCUT2D eigenvalue weighted by atomic mass is 9.82. The quantitative estimate of drug-likeness (QED) is 0.429. The van der Waals surface area contributed by atoms with Crippen molar-refractivity contribution >= 4 is 37.6 Å². The van der Waals surface area contributed by atoms with Crippen molar-refractivity contribution in [1.29, 1.82) is 0 Å². The number of aliphatic hydroxyl groups is 1. The van der Waals surface area contributed by atoms with Gasteiger partial charge in [0.05, 0.1) is 51.1 Å². The number of carbonyl (C=O) groups excluding carboxylic acids is 3. The minimum atomic E-state index is -2.97. The molecule has 4 heterocycles. The van der Waals surface area contributed by atoms with Crippen LogP contribution in [0.5, 0.6) is 5.75 Å². The van der Waals surface area contributed by atoms with Gasteiger partial charge in [0.15, 0.2) is 13.9 Å². The summed E-state index contributed by atoms with van der Waals surface area (Å²) in [5.74, 6) is -0.257. The van der Waals surface area contributed by atoms with Crippen molar-refractivity contribution in [3.63, 3.8) is 0 Å². The van der Waals surface area contributed by atoms with E-state index in [0.717, 1.165) is 18.4 Å². The Bertz CT molecular complexity index is 1460. The van der Waals surface area contributed by atoms with Gasteiger partial charge in [-0.2, -0.15) is 0 Å². The highest BCUT2D eigenvalue weighted by molar-refractivity contribution is 6.71. The van der Waals surface area contributed by atoms with E-state index in [9.17, 15) is 24.3 Å². The zero-order valence-electron chi connectivity index (χ0n) is 25.7. The summed E-state index contributed by atoms with van der Waals surface area (Å²) in [6.45, 7) is 7.10. The van der Waals surface area contributed by atoms with E-state index < -0.39 is 37.6 Å². The highest BCUT2D eigenvalue weighted by atomic mass is 28.4. The van der Waals surface area contributed by atoms with Crippen molar-refractivity contribution in [3.05, 3.63) is 53.6 Å². The monoisotopic (exact) mass is 623 g/mol. The van der Waals surface area contributed by atoms with Gasteiger partial charge in [0.1, 0.15) is 12.4 Å². The molecule has 4 aliphatic rings. The number of likely N-dealkylation sites (tertiary alicyclic amines) is 1. The van der Waals surface area contributed by atoms with Gasteiger partial charge < -0.3 is 33.9 Å². The van der Waals surface area contributed by atoms with Crippen LogP contribution in [-0.2, 0) is 31.2 Å². The lowest BCUT2D eigenvalue weighted by Gasteiger charge is -2.33. The van der Waals surface area contributed by atoms with Crippen LogP contribution in [0.2, 0.25) is 18.6 Å². The fraction of sp³-hybridized carbons (Fsp3) is 0.531. The molecule has 3 fully saturated rings. The molecule has 3 saturated heterocycles. The van der Waals surface area contributed by atoms with Gasteiger partial charge in [-0.05, 0) is 61.8 Å². The second-order valence-electron chi connectivity index (χ2n) is 12.8. The zero-order valence-corrected chi connectivity index (χ0v) is 26.7. The molecule has 4 aliphatic heterocycles. The van der Waals surface area contributed by atoms with E-state index >= 15 is 0 Å². The van der Waals surface area contributed by atoms with Gasteiger partial charge in [0.2, 0.25) is 5.91 Å². The maximum atomic E-state index is 14.7. The summed E-state index contributed by atoms with van der Waals surface area (Å²) in [5.41, 5.74) is 1.02. The molecule has 0 aromatic heterocycles. The maximum Gasteiger partial charge on any atom is 0.414 e. The first-order valence-electron chi connectivity index (χ1n) is 15.3. The highest BCUT2D eigenvalue weighted by Crippen LogP contribution is 2.60. The summed E-state index contributed by atoms with van der Waals surface area (Å²) < 4.78 is 17.5. The second kappa shape index (κ2) is 11.5. The number of cyclic esters (lactones) is 1. The number of nitrogens with zero attached hydrogens (tertiary/aromatic N) is 3. The summed E-state index contributed by atoms with van der Waals surface area (Å²) in [7, 11) is -1.40. The van der Waals surface area contributed by atoms with Gasteiger partial charge in [0, 0.05) is 29.3 Å². The Labute approximate surface area is 258 Å². The van der Waals surface area contributed by atoms with Crippen molar-refractivity contribution in [2.75, 3.05) is 43.2 Å². The molecule has 1 spiro atoms. The van der Waals surface area contributed by atoms with Gasteiger partial charge in [-0.15, -0.1) is 0 Å². The number of methoxy groups -OCH3 is 1. The van der Waals surface area contributed by atoms with Gasteiger partial charge in [0.25, 0.3) is 5.91 Å². The number of hydrogen-bond donors (Lipinski definition) is 2. The number of aliphatic hydroxyl groups excluding tert-OH is 1. The Morgan fingerprint density at radius 1 is 1.16 bits per heavy atom. The Balaban J connectivity index is 1.37. The predicted molar refractivity (Wildman–Crippen MR) is 165 cm³/mol. The molecule has 0 bridgehead atoms. The third-order valence-corrected chi connectivity index (χ3v) is 12.3. The standard InChI is InChI=1S/C32H41N3O8Si/c1-20-29(44(3,4)40)27(17-28(37)33-12-6-9-23(33)19-36)43-32(20)25-16-24(41-2)10-11-26(25)35(30(32)38)18-21-7-5-8-22(15-21)34-13-14-42-31(34)39/h5,7-8,10-11,15-16,20,23,27,29,36,40H,6,9,12-14,17-19H2,1-4H3/t20-,23-,27+,29-,32+/m0/s1. The highest BCUT2D eigenvalue weighted by Gasteiger charge is 2.66. The fourth-order valence-corrected chi connectivity index (χ4v) is 10.4. The van der Waals surface area contributed by atoms with Crippen LogP contribution < -0.4 is 14.5 Å². The van der Waals surface area contributed by atoms with E-state index in [4.69, 9.17) is 14.2 Å². The number of fused-ring (bicyclic) bond motifs is 2.